The van der Waals surface area contributed by atoms with Gasteiger partial charge >= 0.3 is 0 Å². The van der Waals surface area contributed by atoms with E-state index >= 15 is 0 Å². The molecule has 5 nitrogen and oxygen atoms in total. The number of ketones is 1. The molecule has 1 heterocycles. The minimum Gasteiger partial charge on any atom is -0.410 e. The molecule has 1 aromatic heterocycles. The molecular weight excluding hydrogens is 182 g/mol. The third-order valence-corrected chi connectivity index (χ3v) is 1.87. The molecule has 0 spiro atoms. The molecule has 14 heavy (non-hydrogen) atoms. The second kappa shape index (κ2) is 4.55. The molecule has 0 aromatic carbocycles. The maximum Gasteiger partial charge on any atom is 0.188 e. The average molecular weight is 195 g/mol. The molecule has 76 valence electrons. The van der Waals surface area contributed by atoms with Gasteiger partial charge in [0.1, 0.15) is 0 Å². The minimum absolute atomic E-state index is 0.0272. The summed E-state index contributed by atoms with van der Waals surface area (Å²) in [6, 6.07) is 0. The molecule has 0 bridgehead atoms. The predicted octanol–water partition coefficient (Wildman–Crippen LogP) is 0.968. The second-order valence-corrected chi connectivity index (χ2v) is 2.98. The molecule has 0 saturated carbocycles. The lowest BCUT2D eigenvalue weighted by atomic mass is 10.1. The van der Waals surface area contributed by atoms with Gasteiger partial charge in [-0.25, -0.2) is 4.98 Å². The van der Waals surface area contributed by atoms with Crippen LogP contribution in [0.1, 0.15) is 25.6 Å². The Morgan fingerprint density at radius 2 is 2.43 bits per heavy atom. The number of carbonyl (C=O) groups is 1. The summed E-state index contributed by atoms with van der Waals surface area (Å²) >= 11 is 0. The van der Waals surface area contributed by atoms with Gasteiger partial charge in [-0.3, -0.25) is 4.79 Å². The average Bonchev–Trinajstić information content (AvgIpc) is 2.54. The van der Waals surface area contributed by atoms with E-state index in [-0.39, 0.29) is 11.5 Å². The minimum atomic E-state index is -0.190. The van der Waals surface area contributed by atoms with E-state index in [9.17, 15) is 4.79 Å². The first-order chi connectivity index (χ1) is 6.70. The summed E-state index contributed by atoms with van der Waals surface area (Å²) in [6.07, 6.45) is 4.34. The second-order valence-electron chi connectivity index (χ2n) is 2.98. The van der Waals surface area contributed by atoms with E-state index in [1.807, 2.05) is 6.92 Å². The van der Waals surface area contributed by atoms with Gasteiger partial charge in [0.05, 0.1) is 0 Å². The van der Waals surface area contributed by atoms with Crippen LogP contribution in [0.5, 0.6) is 0 Å². The number of aryl methyl sites for hydroxylation is 1. The number of imidazole rings is 1. The molecule has 0 fully saturated rings. The molecule has 0 radical (unpaired) electrons. The Kier molecular flexibility index (Phi) is 3.39. The number of rotatable bonds is 4. The largest absolute Gasteiger partial charge is 0.410 e. The summed E-state index contributed by atoms with van der Waals surface area (Å²) in [4.78, 5) is 15.4. The van der Waals surface area contributed by atoms with Crippen molar-refractivity contribution < 1.29 is 10.0 Å². The first-order valence-electron chi connectivity index (χ1n) is 4.43. The van der Waals surface area contributed by atoms with Crippen LogP contribution in [-0.2, 0) is 11.8 Å². The summed E-state index contributed by atoms with van der Waals surface area (Å²) in [5.74, 6) is 0.204. The maximum atomic E-state index is 11.5. The van der Waals surface area contributed by atoms with Gasteiger partial charge < -0.3 is 9.77 Å². The van der Waals surface area contributed by atoms with Gasteiger partial charge in [0.2, 0.25) is 0 Å². The van der Waals surface area contributed by atoms with Gasteiger partial charge in [0, 0.05) is 25.9 Å². The Morgan fingerprint density at radius 1 is 1.71 bits per heavy atom. The summed E-state index contributed by atoms with van der Waals surface area (Å²) in [5.41, 5.74) is 0.0272. The van der Waals surface area contributed by atoms with Crippen molar-refractivity contribution in [3.05, 3.63) is 18.2 Å². The number of hydrogen-bond acceptors (Lipinski definition) is 4. The molecule has 5 heteroatoms. The standard InChI is InChI=1S/C9H13N3O2/c1-3-4-7(13)8(11-14)9-10-5-6-12(9)2/h5-6,14H,3-4H2,1-2H3/b11-8-. The van der Waals surface area contributed by atoms with E-state index < -0.39 is 0 Å². The van der Waals surface area contributed by atoms with Crippen molar-refractivity contribution in [3.8, 4) is 0 Å². The van der Waals surface area contributed by atoms with Crippen LogP contribution in [0.15, 0.2) is 17.5 Å². The van der Waals surface area contributed by atoms with Gasteiger partial charge in [-0.2, -0.15) is 0 Å². The molecule has 0 unspecified atom stereocenters. The number of nitrogens with zero attached hydrogens (tertiary/aromatic N) is 3. The van der Waals surface area contributed by atoms with Crippen molar-refractivity contribution in [2.45, 2.75) is 19.8 Å². The Labute approximate surface area is 82.1 Å². The van der Waals surface area contributed by atoms with Crippen molar-refractivity contribution in [3.63, 3.8) is 0 Å². The number of Topliss-reactive ketones (excluding diaryl/α,β-unsaturated/α-hetero) is 1. The van der Waals surface area contributed by atoms with E-state index in [1.165, 1.54) is 0 Å². The van der Waals surface area contributed by atoms with Crippen LogP contribution in [0.3, 0.4) is 0 Å². The molecule has 0 aliphatic heterocycles. The fraction of sp³-hybridized carbons (Fsp3) is 0.444. The summed E-state index contributed by atoms with van der Waals surface area (Å²) in [7, 11) is 1.74. The van der Waals surface area contributed by atoms with Gasteiger partial charge in [-0.05, 0) is 6.42 Å². The Hall–Kier alpha value is -1.65. The first-order valence-corrected chi connectivity index (χ1v) is 4.43. The molecule has 0 amide bonds. The van der Waals surface area contributed by atoms with Crippen molar-refractivity contribution in [1.29, 1.82) is 0 Å². The van der Waals surface area contributed by atoms with E-state index in [0.29, 0.717) is 12.2 Å². The van der Waals surface area contributed by atoms with Crippen molar-refractivity contribution >= 4 is 11.5 Å². The number of carbonyl (C=O) groups excluding carboxylic acids is 1. The zero-order valence-corrected chi connectivity index (χ0v) is 8.27. The lowest BCUT2D eigenvalue weighted by Gasteiger charge is -2.02. The third kappa shape index (κ3) is 1.99. The molecule has 0 saturated heterocycles. The lowest BCUT2D eigenvalue weighted by Crippen LogP contribution is -2.19. The normalized spacial score (nSPS) is 11.7. The van der Waals surface area contributed by atoms with E-state index in [0.717, 1.165) is 6.42 Å². The van der Waals surface area contributed by atoms with E-state index in [4.69, 9.17) is 5.21 Å². The zero-order valence-electron chi connectivity index (χ0n) is 8.27. The highest BCUT2D eigenvalue weighted by molar-refractivity contribution is 6.45. The van der Waals surface area contributed by atoms with Crippen LogP contribution in [0.2, 0.25) is 0 Å². The van der Waals surface area contributed by atoms with Crippen LogP contribution in [0, 0.1) is 0 Å². The fourth-order valence-electron chi connectivity index (χ4n) is 1.16. The van der Waals surface area contributed by atoms with Gasteiger partial charge in [-0.15, -0.1) is 0 Å². The highest BCUT2D eigenvalue weighted by Crippen LogP contribution is 2.02. The van der Waals surface area contributed by atoms with Crippen LogP contribution in [-0.4, -0.2) is 26.3 Å². The molecule has 1 aromatic rings. The maximum absolute atomic E-state index is 11.5. The first kappa shape index (κ1) is 10.4. The van der Waals surface area contributed by atoms with Crippen molar-refractivity contribution in [2.75, 3.05) is 0 Å². The summed E-state index contributed by atoms with van der Waals surface area (Å²) in [5, 5.41) is 11.7. The van der Waals surface area contributed by atoms with Gasteiger partial charge in [0.25, 0.3) is 0 Å². The number of oxime groups is 1. The predicted molar refractivity (Wildman–Crippen MR) is 51.4 cm³/mol. The van der Waals surface area contributed by atoms with Crippen LogP contribution in [0.25, 0.3) is 0 Å². The van der Waals surface area contributed by atoms with Gasteiger partial charge in [0.15, 0.2) is 17.3 Å². The molecule has 0 aliphatic carbocycles. The van der Waals surface area contributed by atoms with Crippen molar-refractivity contribution in [2.24, 2.45) is 12.2 Å². The number of aromatic nitrogens is 2. The Balaban J connectivity index is 2.95. The Morgan fingerprint density at radius 3 is 2.86 bits per heavy atom. The SMILES string of the molecule is CCCC(=O)/C(=N/O)c1nccn1C. The molecule has 0 aliphatic rings. The highest BCUT2D eigenvalue weighted by atomic mass is 16.4. The van der Waals surface area contributed by atoms with Crippen LogP contribution < -0.4 is 0 Å². The topological polar surface area (TPSA) is 67.5 Å². The molecule has 1 rings (SSSR count). The third-order valence-electron chi connectivity index (χ3n) is 1.87. The molecular formula is C9H13N3O2. The Bertz CT molecular complexity index is 355. The monoisotopic (exact) mass is 195 g/mol. The number of hydrogen-bond donors (Lipinski definition) is 1. The van der Waals surface area contributed by atoms with E-state index in [1.54, 1.807) is 24.0 Å². The molecule has 1 N–H and O–H groups in total. The van der Waals surface area contributed by atoms with E-state index in [2.05, 4.69) is 10.1 Å². The summed E-state index contributed by atoms with van der Waals surface area (Å²) < 4.78 is 1.64. The lowest BCUT2D eigenvalue weighted by molar-refractivity contribution is -0.113. The van der Waals surface area contributed by atoms with Crippen molar-refractivity contribution in [1.82, 2.24) is 9.55 Å². The summed E-state index contributed by atoms with van der Waals surface area (Å²) in [6.45, 7) is 1.89. The quantitative estimate of drug-likeness (QED) is 0.442. The smallest absolute Gasteiger partial charge is 0.188 e. The zero-order chi connectivity index (χ0) is 10.6. The van der Waals surface area contributed by atoms with Gasteiger partial charge in [-0.1, -0.05) is 12.1 Å². The van der Waals surface area contributed by atoms with Crippen LogP contribution in [0.4, 0.5) is 0 Å². The highest BCUT2D eigenvalue weighted by Gasteiger charge is 2.17. The fourth-order valence-corrected chi connectivity index (χ4v) is 1.16. The molecule has 0 atom stereocenters. The van der Waals surface area contributed by atoms with Crippen LogP contribution >= 0.6 is 0 Å².